The topological polar surface area (TPSA) is 49.3 Å². The van der Waals surface area contributed by atoms with Crippen molar-refractivity contribution in [3.63, 3.8) is 0 Å². The molecule has 0 fully saturated rings. The van der Waals surface area contributed by atoms with Gasteiger partial charge in [0.2, 0.25) is 5.91 Å². The molecule has 1 atom stereocenters. The van der Waals surface area contributed by atoms with Gasteiger partial charge in [-0.1, -0.05) is 48.0 Å². The van der Waals surface area contributed by atoms with Crippen LogP contribution in [0.3, 0.4) is 0 Å². The molecule has 0 aliphatic carbocycles. The second-order valence-corrected chi connectivity index (χ2v) is 5.24. The Hall–Kier alpha value is -0.870. The van der Waals surface area contributed by atoms with Crippen molar-refractivity contribution in [3.05, 3.63) is 34.3 Å². The fraction of sp³-hybridized carbons (Fsp3) is 0.462. The molecule has 0 spiro atoms. The second-order valence-electron chi connectivity index (χ2n) is 4.38. The maximum absolute atomic E-state index is 11.6. The first-order chi connectivity index (χ1) is 8.00. The van der Waals surface area contributed by atoms with E-state index in [1.807, 2.05) is 38.1 Å². The third kappa shape index (κ3) is 4.88. The zero-order chi connectivity index (χ0) is 12.8. The van der Waals surface area contributed by atoms with Crippen molar-refractivity contribution < 1.29 is 9.90 Å². The molecule has 0 aliphatic heterocycles. The summed E-state index contributed by atoms with van der Waals surface area (Å²) in [6.45, 7) is 4.15. The number of carbonyl (C=O) groups is 1. The Morgan fingerprint density at radius 1 is 1.41 bits per heavy atom. The number of rotatable bonds is 5. The highest BCUT2D eigenvalue weighted by atomic mass is 79.9. The van der Waals surface area contributed by atoms with Gasteiger partial charge in [0.15, 0.2) is 0 Å². The molecule has 0 aromatic heterocycles. The molecule has 2 N–H and O–H groups in total. The van der Waals surface area contributed by atoms with Gasteiger partial charge in [-0.05, 0) is 17.5 Å². The second kappa shape index (κ2) is 6.77. The molecule has 0 radical (unpaired) electrons. The van der Waals surface area contributed by atoms with Crippen LogP contribution in [-0.2, 0) is 11.2 Å². The number of aliphatic hydroxyl groups is 1. The normalized spacial score (nSPS) is 12.5. The van der Waals surface area contributed by atoms with Crippen molar-refractivity contribution in [3.8, 4) is 0 Å². The zero-order valence-corrected chi connectivity index (χ0v) is 11.7. The Morgan fingerprint density at radius 2 is 2.06 bits per heavy atom. The highest BCUT2D eigenvalue weighted by Crippen LogP contribution is 2.16. The summed E-state index contributed by atoms with van der Waals surface area (Å²) < 4.78 is 0.930. The lowest BCUT2D eigenvalue weighted by Gasteiger charge is -2.15. The van der Waals surface area contributed by atoms with E-state index < -0.39 is 6.10 Å². The molecule has 0 saturated carbocycles. The number of amides is 1. The van der Waals surface area contributed by atoms with Gasteiger partial charge in [0.05, 0.1) is 12.5 Å². The van der Waals surface area contributed by atoms with Crippen molar-refractivity contribution in [1.82, 2.24) is 5.32 Å². The number of nitrogens with one attached hydrogen (secondary N) is 1. The van der Waals surface area contributed by atoms with Crippen molar-refractivity contribution >= 4 is 21.8 Å². The van der Waals surface area contributed by atoms with Gasteiger partial charge >= 0.3 is 0 Å². The predicted octanol–water partition coefficient (Wildman–Crippen LogP) is 2.12. The quantitative estimate of drug-likeness (QED) is 0.875. The molecule has 94 valence electrons. The van der Waals surface area contributed by atoms with E-state index in [4.69, 9.17) is 0 Å². The average Bonchev–Trinajstić information content (AvgIpc) is 2.29. The van der Waals surface area contributed by atoms with E-state index in [1.165, 1.54) is 0 Å². The minimum Gasteiger partial charge on any atom is -0.391 e. The SMILES string of the molecule is CC(C)C(O)CNC(=O)Cc1ccccc1Br. The van der Waals surface area contributed by atoms with Crippen LogP contribution in [0.2, 0.25) is 0 Å². The van der Waals surface area contributed by atoms with Crippen LogP contribution in [0.5, 0.6) is 0 Å². The van der Waals surface area contributed by atoms with Gasteiger partial charge in [0.25, 0.3) is 0 Å². The first-order valence-corrected chi connectivity index (χ1v) is 6.48. The molecule has 1 aromatic rings. The van der Waals surface area contributed by atoms with E-state index >= 15 is 0 Å². The Balaban J connectivity index is 2.43. The maximum Gasteiger partial charge on any atom is 0.224 e. The third-order valence-corrected chi connectivity index (χ3v) is 3.36. The Kier molecular flexibility index (Phi) is 5.65. The summed E-state index contributed by atoms with van der Waals surface area (Å²) in [5, 5.41) is 12.3. The molecule has 17 heavy (non-hydrogen) atoms. The summed E-state index contributed by atoms with van der Waals surface area (Å²) in [7, 11) is 0. The minimum atomic E-state index is -0.488. The molecule has 3 nitrogen and oxygen atoms in total. The Bertz CT molecular complexity index is 379. The van der Waals surface area contributed by atoms with Gasteiger partial charge in [0, 0.05) is 11.0 Å². The van der Waals surface area contributed by atoms with Crippen LogP contribution in [0.4, 0.5) is 0 Å². The molecule has 4 heteroatoms. The van der Waals surface area contributed by atoms with Crippen molar-refractivity contribution in [2.24, 2.45) is 5.92 Å². The maximum atomic E-state index is 11.6. The summed E-state index contributed by atoms with van der Waals surface area (Å²) >= 11 is 3.40. The van der Waals surface area contributed by atoms with Crippen LogP contribution < -0.4 is 5.32 Å². The lowest BCUT2D eigenvalue weighted by Crippen LogP contribution is -2.35. The summed E-state index contributed by atoms with van der Waals surface area (Å²) in [5.41, 5.74) is 0.948. The Labute approximate surface area is 110 Å². The fourth-order valence-electron chi connectivity index (χ4n) is 1.33. The lowest BCUT2D eigenvalue weighted by atomic mass is 10.1. The van der Waals surface area contributed by atoms with Crippen molar-refractivity contribution in [1.29, 1.82) is 0 Å². The number of halogens is 1. The number of carbonyl (C=O) groups excluding carboxylic acids is 1. The van der Waals surface area contributed by atoms with Crippen LogP contribution in [-0.4, -0.2) is 23.7 Å². The van der Waals surface area contributed by atoms with Crippen LogP contribution in [0.25, 0.3) is 0 Å². The highest BCUT2D eigenvalue weighted by Gasteiger charge is 2.11. The van der Waals surface area contributed by atoms with E-state index in [2.05, 4.69) is 21.2 Å². The van der Waals surface area contributed by atoms with Gasteiger partial charge in [-0.15, -0.1) is 0 Å². The number of hydrogen-bond acceptors (Lipinski definition) is 2. The van der Waals surface area contributed by atoms with Crippen LogP contribution >= 0.6 is 15.9 Å². The summed E-state index contributed by atoms with van der Waals surface area (Å²) in [4.78, 5) is 11.6. The van der Waals surface area contributed by atoms with Gasteiger partial charge in [0.1, 0.15) is 0 Å². The average molecular weight is 300 g/mol. The molecule has 1 aromatic carbocycles. The minimum absolute atomic E-state index is 0.0726. The molecule has 0 aliphatic rings. The lowest BCUT2D eigenvalue weighted by molar-refractivity contribution is -0.121. The number of benzene rings is 1. The zero-order valence-electron chi connectivity index (χ0n) is 10.1. The van der Waals surface area contributed by atoms with E-state index in [9.17, 15) is 9.90 Å². The van der Waals surface area contributed by atoms with Crippen molar-refractivity contribution in [2.75, 3.05) is 6.54 Å². The molecular weight excluding hydrogens is 282 g/mol. The molecule has 0 heterocycles. The molecular formula is C13H18BrNO2. The van der Waals surface area contributed by atoms with Crippen LogP contribution in [0.1, 0.15) is 19.4 Å². The summed E-state index contributed by atoms with van der Waals surface area (Å²) in [6.07, 6.45) is -0.162. The highest BCUT2D eigenvalue weighted by molar-refractivity contribution is 9.10. The fourth-order valence-corrected chi connectivity index (χ4v) is 1.76. The third-order valence-electron chi connectivity index (χ3n) is 2.59. The largest absolute Gasteiger partial charge is 0.391 e. The molecule has 0 saturated heterocycles. The monoisotopic (exact) mass is 299 g/mol. The summed E-state index contributed by atoms with van der Waals surface area (Å²) in [5.74, 6) is 0.0790. The standard InChI is InChI=1S/C13H18BrNO2/c1-9(2)12(16)8-15-13(17)7-10-5-3-4-6-11(10)14/h3-6,9,12,16H,7-8H2,1-2H3,(H,15,17). The van der Waals surface area contributed by atoms with E-state index in [0.717, 1.165) is 10.0 Å². The Morgan fingerprint density at radius 3 is 2.65 bits per heavy atom. The first kappa shape index (κ1) is 14.2. The number of aliphatic hydroxyl groups excluding tert-OH is 1. The molecule has 1 rings (SSSR count). The van der Waals surface area contributed by atoms with Crippen LogP contribution in [0, 0.1) is 5.92 Å². The first-order valence-electron chi connectivity index (χ1n) is 5.69. The molecule has 1 unspecified atom stereocenters. The van der Waals surface area contributed by atoms with E-state index in [0.29, 0.717) is 13.0 Å². The van der Waals surface area contributed by atoms with Gasteiger partial charge < -0.3 is 10.4 Å². The van der Waals surface area contributed by atoms with Gasteiger partial charge in [-0.3, -0.25) is 4.79 Å². The van der Waals surface area contributed by atoms with E-state index in [1.54, 1.807) is 0 Å². The van der Waals surface area contributed by atoms with Crippen LogP contribution in [0.15, 0.2) is 28.7 Å². The van der Waals surface area contributed by atoms with Gasteiger partial charge in [-0.25, -0.2) is 0 Å². The number of hydrogen-bond donors (Lipinski definition) is 2. The van der Waals surface area contributed by atoms with Gasteiger partial charge in [-0.2, -0.15) is 0 Å². The summed E-state index contributed by atoms with van der Waals surface area (Å²) in [6, 6.07) is 7.62. The van der Waals surface area contributed by atoms with Crippen molar-refractivity contribution in [2.45, 2.75) is 26.4 Å². The van der Waals surface area contributed by atoms with E-state index in [-0.39, 0.29) is 11.8 Å². The predicted molar refractivity (Wildman–Crippen MR) is 71.7 cm³/mol. The smallest absolute Gasteiger partial charge is 0.224 e. The molecule has 1 amide bonds. The molecule has 0 bridgehead atoms.